The van der Waals surface area contributed by atoms with E-state index in [1.54, 1.807) is 12.3 Å². The van der Waals surface area contributed by atoms with E-state index in [1.807, 2.05) is 6.07 Å². The topological polar surface area (TPSA) is 71.7 Å². The number of benzene rings is 1. The summed E-state index contributed by atoms with van der Waals surface area (Å²) in [7, 11) is 0. The molecule has 2 aliphatic rings. The summed E-state index contributed by atoms with van der Waals surface area (Å²) in [6.07, 6.45) is 1.74. The van der Waals surface area contributed by atoms with Gasteiger partial charge in [-0.25, -0.2) is 0 Å². The second-order valence-electron chi connectivity index (χ2n) is 6.47. The molecular formula is C18H20N4O3. The predicted molar refractivity (Wildman–Crippen MR) is 93.5 cm³/mol. The minimum Gasteiger partial charge on any atom is -0.373 e. The van der Waals surface area contributed by atoms with Crippen molar-refractivity contribution in [1.82, 2.24) is 9.88 Å². The normalized spacial score (nSPS) is 23.4. The first-order chi connectivity index (χ1) is 12.2. The summed E-state index contributed by atoms with van der Waals surface area (Å²) in [5, 5.41) is 10.8. The molecule has 0 N–H and O–H groups in total. The molecular weight excluding hydrogens is 320 g/mol. The van der Waals surface area contributed by atoms with Gasteiger partial charge in [0.15, 0.2) is 6.20 Å². The first-order valence-electron chi connectivity index (χ1n) is 8.46. The maximum absolute atomic E-state index is 10.8. The van der Waals surface area contributed by atoms with Crippen LogP contribution in [0.2, 0.25) is 0 Å². The fourth-order valence-corrected chi connectivity index (χ4v) is 3.66. The zero-order valence-electron chi connectivity index (χ0n) is 13.8. The summed E-state index contributed by atoms with van der Waals surface area (Å²) in [6, 6.07) is 14.0. The van der Waals surface area contributed by atoms with E-state index in [0.717, 1.165) is 38.5 Å². The van der Waals surface area contributed by atoms with Crippen LogP contribution in [0.15, 0.2) is 48.7 Å². The first kappa shape index (κ1) is 16.0. The summed E-state index contributed by atoms with van der Waals surface area (Å²) in [5.74, 6) is -0.123. The maximum atomic E-state index is 10.8. The number of hydrogen-bond donors (Lipinski definition) is 0. The van der Waals surface area contributed by atoms with Gasteiger partial charge in [0.05, 0.1) is 24.4 Å². The Kier molecular flexibility index (Phi) is 4.33. The number of rotatable bonds is 4. The third-order valence-corrected chi connectivity index (χ3v) is 4.93. The van der Waals surface area contributed by atoms with Crippen LogP contribution >= 0.6 is 0 Å². The van der Waals surface area contributed by atoms with Gasteiger partial charge in [-0.2, -0.15) is 0 Å². The quantitative estimate of drug-likeness (QED) is 0.627. The molecule has 2 fully saturated rings. The number of nitrogens with zero attached hydrogens (tertiary/aromatic N) is 4. The van der Waals surface area contributed by atoms with Crippen molar-refractivity contribution in [1.29, 1.82) is 0 Å². The van der Waals surface area contributed by atoms with Crippen molar-refractivity contribution >= 4 is 11.5 Å². The van der Waals surface area contributed by atoms with Gasteiger partial charge in [-0.15, -0.1) is 0 Å². The lowest BCUT2D eigenvalue weighted by molar-refractivity contribution is -0.389. The molecule has 0 radical (unpaired) electrons. The Labute approximate surface area is 146 Å². The molecule has 2 saturated heterocycles. The van der Waals surface area contributed by atoms with Crippen LogP contribution in [-0.2, 0) is 11.3 Å². The second kappa shape index (κ2) is 6.78. The summed E-state index contributed by atoms with van der Waals surface area (Å²) in [4.78, 5) is 18.9. The molecule has 130 valence electrons. The highest BCUT2D eigenvalue weighted by Gasteiger charge is 2.40. The Balaban J connectivity index is 1.47. The molecule has 0 spiro atoms. The van der Waals surface area contributed by atoms with Gasteiger partial charge in [0.2, 0.25) is 0 Å². The Morgan fingerprint density at radius 1 is 1.20 bits per heavy atom. The highest BCUT2D eigenvalue weighted by Crippen LogP contribution is 2.28. The van der Waals surface area contributed by atoms with Crippen LogP contribution in [0, 0.1) is 10.1 Å². The molecule has 7 heteroatoms. The van der Waals surface area contributed by atoms with Crippen LogP contribution < -0.4 is 4.90 Å². The van der Waals surface area contributed by atoms with Crippen molar-refractivity contribution in [2.45, 2.75) is 18.7 Å². The largest absolute Gasteiger partial charge is 0.373 e. The van der Waals surface area contributed by atoms with Crippen LogP contribution in [0.4, 0.5) is 11.5 Å². The van der Waals surface area contributed by atoms with Crippen molar-refractivity contribution in [2.24, 2.45) is 0 Å². The zero-order chi connectivity index (χ0) is 17.2. The van der Waals surface area contributed by atoms with Crippen molar-refractivity contribution in [3.8, 4) is 0 Å². The van der Waals surface area contributed by atoms with Crippen LogP contribution in [-0.4, -0.2) is 53.2 Å². The molecule has 2 aromatic rings. The van der Waals surface area contributed by atoms with E-state index in [-0.39, 0.29) is 11.9 Å². The Bertz CT molecular complexity index is 738. The van der Waals surface area contributed by atoms with Crippen molar-refractivity contribution in [3.05, 3.63) is 64.3 Å². The lowest BCUT2D eigenvalue weighted by Gasteiger charge is -2.36. The predicted octanol–water partition coefficient (Wildman–Crippen LogP) is 2.08. The molecule has 1 aromatic carbocycles. The van der Waals surface area contributed by atoms with E-state index in [0.29, 0.717) is 6.04 Å². The molecule has 7 nitrogen and oxygen atoms in total. The Morgan fingerprint density at radius 2 is 2.04 bits per heavy atom. The fourth-order valence-electron chi connectivity index (χ4n) is 3.66. The number of pyridine rings is 1. The summed E-state index contributed by atoms with van der Waals surface area (Å²) >= 11 is 0. The van der Waals surface area contributed by atoms with Gasteiger partial charge in [0.25, 0.3) is 0 Å². The van der Waals surface area contributed by atoms with Crippen molar-refractivity contribution in [3.63, 3.8) is 0 Å². The van der Waals surface area contributed by atoms with Gasteiger partial charge < -0.3 is 19.8 Å². The van der Waals surface area contributed by atoms with E-state index in [2.05, 4.69) is 39.0 Å². The van der Waals surface area contributed by atoms with E-state index in [1.165, 1.54) is 11.6 Å². The number of aromatic nitrogens is 1. The van der Waals surface area contributed by atoms with Gasteiger partial charge in [0.1, 0.15) is 0 Å². The number of fused-ring (bicyclic) bond motifs is 1. The Hall–Kier alpha value is -2.51. The van der Waals surface area contributed by atoms with Crippen LogP contribution in [0.25, 0.3) is 0 Å². The zero-order valence-corrected chi connectivity index (χ0v) is 13.8. The number of hydrogen-bond acceptors (Lipinski definition) is 6. The lowest BCUT2D eigenvalue weighted by atomic mass is 10.1. The SMILES string of the molecule is O=[N+]([O-])c1ccc(N2C[C@H]3OCCN(Cc4ccccc4)[C@H]3C2)cn1. The molecule has 0 saturated carbocycles. The van der Waals surface area contributed by atoms with Crippen LogP contribution in [0.5, 0.6) is 0 Å². The average molecular weight is 340 g/mol. The summed E-state index contributed by atoms with van der Waals surface area (Å²) in [6.45, 7) is 4.20. The monoisotopic (exact) mass is 340 g/mol. The summed E-state index contributed by atoms with van der Waals surface area (Å²) < 4.78 is 5.97. The molecule has 2 aliphatic heterocycles. The average Bonchev–Trinajstić information content (AvgIpc) is 3.08. The molecule has 0 amide bonds. The van der Waals surface area contributed by atoms with Crippen LogP contribution in [0.1, 0.15) is 5.56 Å². The highest BCUT2D eigenvalue weighted by atomic mass is 16.6. The lowest BCUT2D eigenvalue weighted by Crippen LogP contribution is -2.50. The molecule has 4 rings (SSSR count). The highest BCUT2D eigenvalue weighted by molar-refractivity contribution is 5.48. The standard InChI is InChI=1S/C18H20N4O3/c23-22(24)18-7-6-15(10-19-18)21-12-16-17(13-21)25-9-8-20(16)11-14-4-2-1-3-5-14/h1-7,10,16-17H,8-9,11-13H2/t16-,17+/m0/s1. The maximum Gasteiger partial charge on any atom is 0.363 e. The number of anilines is 1. The van der Waals surface area contributed by atoms with Crippen LogP contribution in [0.3, 0.4) is 0 Å². The van der Waals surface area contributed by atoms with E-state index in [9.17, 15) is 10.1 Å². The van der Waals surface area contributed by atoms with Gasteiger partial charge >= 0.3 is 5.82 Å². The first-order valence-corrected chi connectivity index (χ1v) is 8.46. The third-order valence-electron chi connectivity index (χ3n) is 4.93. The smallest absolute Gasteiger partial charge is 0.363 e. The number of morpholine rings is 1. The molecule has 0 bridgehead atoms. The van der Waals surface area contributed by atoms with Gasteiger partial charge in [0, 0.05) is 32.2 Å². The molecule has 25 heavy (non-hydrogen) atoms. The van der Waals surface area contributed by atoms with Gasteiger partial charge in [-0.1, -0.05) is 30.3 Å². The number of ether oxygens (including phenoxy) is 1. The third kappa shape index (κ3) is 3.33. The second-order valence-corrected chi connectivity index (χ2v) is 6.47. The van der Waals surface area contributed by atoms with E-state index >= 15 is 0 Å². The molecule has 2 atom stereocenters. The van der Waals surface area contributed by atoms with Crippen molar-refractivity contribution in [2.75, 3.05) is 31.1 Å². The molecule has 0 aliphatic carbocycles. The number of nitro groups is 1. The van der Waals surface area contributed by atoms with E-state index < -0.39 is 4.92 Å². The minimum atomic E-state index is -0.474. The molecule has 0 unspecified atom stereocenters. The molecule has 1 aromatic heterocycles. The Morgan fingerprint density at radius 3 is 2.76 bits per heavy atom. The van der Waals surface area contributed by atoms with Gasteiger partial charge in [-0.05, 0) is 21.5 Å². The van der Waals surface area contributed by atoms with Crippen molar-refractivity contribution < 1.29 is 9.66 Å². The molecule has 3 heterocycles. The van der Waals surface area contributed by atoms with Gasteiger partial charge in [-0.3, -0.25) is 4.90 Å². The fraction of sp³-hybridized carbons (Fsp3) is 0.389. The summed E-state index contributed by atoms with van der Waals surface area (Å²) in [5.41, 5.74) is 2.21. The van der Waals surface area contributed by atoms with E-state index in [4.69, 9.17) is 4.74 Å². The minimum absolute atomic E-state index is 0.123.